The second kappa shape index (κ2) is 7.15. The molecule has 1 saturated heterocycles. The summed E-state index contributed by atoms with van der Waals surface area (Å²) in [5.41, 5.74) is 0.980. The molecular weight excluding hydrogens is 282 g/mol. The van der Waals surface area contributed by atoms with Crippen LogP contribution >= 0.6 is 0 Å². The van der Waals surface area contributed by atoms with Crippen LogP contribution < -0.4 is 5.32 Å². The first-order valence-corrected chi connectivity index (χ1v) is 8.04. The summed E-state index contributed by atoms with van der Waals surface area (Å²) in [6.45, 7) is 4.60. The number of hydrogen-bond donors (Lipinski definition) is 1. The van der Waals surface area contributed by atoms with Crippen molar-refractivity contribution in [3.05, 3.63) is 24.2 Å². The Bertz CT molecular complexity index is 473. The first kappa shape index (κ1) is 15.4. The summed E-state index contributed by atoms with van der Waals surface area (Å²) in [4.78, 5) is 16.6. The van der Waals surface area contributed by atoms with Crippen molar-refractivity contribution in [2.75, 3.05) is 39.8 Å². The maximum atomic E-state index is 12.5. The summed E-state index contributed by atoms with van der Waals surface area (Å²) in [6, 6.07) is 1.86. The molecule has 22 heavy (non-hydrogen) atoms. The van der Waals surface area contributed by atoms with Gasteiger partial charge < -0.3 is 24.3 Å². The molecule has 0 unspecified atom stereocenters. The highest BCUT2D eigenvalue weighted by Gasteiger charge is 2.29. The van der Waals surface area contributed by atoms with E-state index in [0.717, 1.165) is 31.8 Å². The fraction of sp³-hybridized carbons (Fsp3) is 0.688. The number of morpholine rings is 1. The maximum absolute atomic E-state index is 12.5. The Morgan fingerprint density at radius 1 is 1.45 bits per heavy atom. The number of amides is 2. The lowest BCUT2D eigenvalue weighted by molar-refractivity contribution is -0.0308. The van der Waals surface area contributed by atoms with Gasteiger partial charge in [-0.1, -0.05) is 0 Å². The summed E-state index contributed by atoms with van der Waals surface area (Å²) >= 11 is 0. The molecule has 2 aliphatic rings. The Morgan fingerprint density at radius 3 is 3.00 bits per heavy atom. The number of ether oxygens (including phenoxy) is 1. The summed E-state index contributed by atoms with van der Waals surface area (Å²) in [5.74, 6) is 0.668. The molecule has 122 valence electrons. The standard InChI is InChI=1S/C16H25N3O3/c1-18-5-7-22-15(10-18)11-19(9-13-2-3-13)16(20)17-8-14-4-6-21-12-14/h4,6,12-13,15H,2-3,5,7-11H2,1H3,(H,17,20)/t15-/m0/s1. The molecule has 6 nitrogen and oxygen atoms in total. The SMILES string of the molecule is CN1CCO[C@H](CN(CC2CC2)C(=O)NCc2ccoc2)C1. The van der Waals surface area contributed by atoms with E-state index >= 15 is 0 Å². The fourth-order valence-corrected chi connectivity index (χ4v) is 2.76. The van der Waals surface area contributed by atoms with Gasteiger partial charge in [-0.2, -0.15) is 0 Å². The number of likely N-dealkylation sites (N-methyl/N-ethyl adjacent to an activating group) is 1. The van der Waals surface area contributed by atoms with E-state index in [1.54, 1.807) is 12.5 Å². The van der Waals surface area contributed by atoms with Crippen molar-refractivity contribution >= 4 is 6.03 Å². The summed E-state index contributed by atoms with van der Waals surface area (Å²) < 4.78 is 10.8. The van der Waals surface area contributed by atoms with E-state index in [1.807, 2.05) is 11.0 Å². The van der Waals surface area contributed by atoms with Crippen LogP contribution in [0, 0.1) is 5.92 Å². The first-order valence-electron chi connectivity index (χ1n) is 8.04. The number of furan rings is 1. The van der Waals surface area contributed by atoms with Gasteiger partial charge in [-0.15, -0.1) is 0 Å². The van der Waals surface area contributed by atoms with Gasteiger partial charge in [0.05, 0.1) is 25.2 Å². The average Bonchev–Trinajstić information content (AvgIpc) is 3.16. The third-order valence-electron chi connectivity index (χ3n) is 4.25. The maximum Gasteiger partial charge on any atom is 0.317 e. The predicted octanol–water partition coefficient (Wildman–Crippen LogP) is 1.53. The molecule has 1 aromatic rings. The number of hydrogen-bond acceptors (Lipinski definition) is 4. The van der Waals surface area contributed by atoms with Crippen LogP contribution in [0.3, 0.4) is 0 Å². The van der Waals surface area contributed by atoms with Crippen molar-refractivity contribution in [1.82, 2.24) is 15.1 Å². The second-order valence-corrected chi connectivity index (χ2v) is 6.39. The summed E-state index contributed by atoms with van der Waals surface area (Å²) in [7, 11) is 2.10. The zero-order valence-electron chi connectivity index (χ0n) is 13.2. The molecule has 1 atom stereocenters. The predicted molar refractivity (Wildman–Crippen MR) is 82.5 cm³/mol. The Morgan fingerprint density at radius 2 is 2.32 bits per heavy atom. The molecule has 6 heteroatoms. The van der Waals surface area contributed by atoms with E-state index in [1.165, 1.54) is 12.8 Å². The van der Waals surface area contributed by atoms with Gasteiger partial charge in [-0.25, -0.2) is 4.79 Å². The van der Waals surface area contributed by atoms with Crippen LogP contribution in [0.1, 0.15) is 18.4 Å². The Labute approximate surface area is 131 Å². The zero-order chi connectivity index (χ0) is 15.4. The van der Waals surface area contributed by atoms with Gasteiger partial charge in [-0.3, -0.25) is 0 Å². The van der Waals surface area contributed by atoms with Crippen LogP contribution in [0.2, 0.25) is 0 Å². The van der Waals surface area contributed by atoms with Crippen molar-refractivity contribution in [1.29, 1.82) is 0 Å². The Hall–Kier alpha value is -1.53. The normalized spacial score (nSPS) is 22.5. The van der Waals surface area contributed by atoms with Crippen LogP contribution in [0.5, 0.6) is 0 Å². The highest BCUT2D eigenvalue weighted by atomic mass is 16.5. The molecule has 0 spiro atoms. The third-order valence-corrected chi connectivity index (χ3v) is 4.25. The van der Waals surface area contributed by atoms with Crippen molar-refractivity contribution < 1.29 is 13.9 Å². The largest absolute Gasteiger partial charge is 0.472 e. The van der Waals surface area contributed by atoms with Crippen LogP contribution in [-0.2, 0) is 11.3 Å². The van der Waals surface area contributed by atoms with Gasteiger partial charge in [0.15, 0.2) is 0 Å². The van der Waals surface area contributed by atoms with Gasteiger partial charge in [0, 0.05) is 38.3 Å². The van der Waals surface area contributed by atoms with Crippen molar-refractivity contribution in [3.8, 4) is 0 Å². The van der Waals surface area contributed by atoms with Gasteiger partial charge in [0.2, 0.25) is 0 Å². The lowest BCUT2D eigenvalue weighted by Gasteiger charge is -2.34. The summed E-state index contributed by atoms with van der Waals surface area (Å²) in [5, 5.41) is 2.98. The number of urea groups is 1. The molecule has 1 aliphatic carbocycles. The molecule has 1 aliphatic heterocycles. The van der Waals surface area contributed by atoms with E-state index in [0.29, 0.717) is 19.0 Å². The highest BCUT2D eigenvalue weighted by Crippen LogP contribution is 2.30. The van der Waals surface area contributed by atoms with E-state index < -0.39 is 0 Å². The minimum atomic E-state index is -0.00933. The molecule has 3 rings (SSSR count). The topological polar surface area (TPSA) is 58.0 Å². The minimum Gasteiger partial charge on any atom is -0.472 e. The molecule has 0 bridgehead atoms. The quantitative estimate of drug-likeness (QED) is 0.866. The lowest BCUT2D eigenvalue weighted by Crippen LogP contribution is -2.50. The summed E-state index contributed by atoms with van der Waals surface area (Å²) in [6.07, 6.45) is 5.85. The Kier molecular flexibility index (Phi) is 5.00. The van der Waals surface area contributed by atoms with Gasteiger partial charge in [-0.05, 0) is 31.9 Å². The number of carbonyl (C=O) groups is 1. The van der Waals surface area contributed by atoms with Crippen molar-refractivity contribution in [3.63, 3.8) is 0 Å². The van der Waals surface area contributed by atoms with Crippen LogP contribution in [-0.4, -0.2) is 61.8 Å². The number of rotatable bonds is 6. The number of nitrogens with zero attached hydrogens (tertiary/aromatic N) is 2. The van der Waals surface area contributed by atoms with E-state index in [-0.39, 0.29) is 12.1 Å². The Balaban J connectivity index is 1.52. The monoisotopic (exact) mass is 307 g/mol. The first-order chi connectivity index (χ1) is 10.7. The van der Waals surface area contributed by atoms with E-state index in [9.17, 15) is 4.79 Å². The molecule has 2 fully saturated rings. The molecular formula is C16H25N3O3. The molecule has 0 radical (unpaired) electrons. The molecule has 1 saturated carbocycles. The van der Waals surface area contributed by atoms with Crippen LogP contribution in [0.4, 0.5) is 4.79 Å². The number of carbonyl (C=O) groups excluding carboxylic acids is 1. The highest BCUT2D eigenvalue weighted by molar-refractivity contribution is 5.74. The minimum absolute atomic E-state index is 0.00933. The van der Waals surface area contributed by atoms with Crippen LogP contribution in [0.15, 0.2) is 23.0 Å². The van der Waals surface area contributed by atoms with Gasteiger partial charge >= 0.3 is 6.03 Å². The smallest absolute Gasteiger partial charge is 0.317 e. The molecule has 2 heterocycles. The third kappa shape index (κ3) is 4.48. The molecule has 2 amide bonds. The molecule has 0 aromatic carbocycles. The van der Waals surface area contributed by atoms with Crippen LogP contribution in [0.25, 0.3) is 0 Å². The average molecular weight is 307 g/mol. The zero-order valence-corrected chi connectivity index (χ0v) is 13.2. The van der Waals surface area contributed by atoms with Gasteiger partial charge in [0.25, 0.3) is 0 Å². The van der Waals surface area contributed by atoms with E-state index in [4.69, 9.17) is 9.15 Å². The second-order valence-electron chi connectivity index (χ2n) is 6.39. The van der Waals surface area contributed by atoms with Crippen molar-refractivity contribution in [2.45, 2.75) is 25.5 Å². The lowest BCUT2D eigenvalue weighted by atomic mass is 10.2. The molecule has 1 N–H and O–H groups in total. The van der Waals surface area contributed by atoms with Crippen molar-refractivity contribution in [2.24, 2.45) is 5.92 Å². The molecule has 1 aromatic heterocycles. The fourth-order valence-electron chi connectivity index (χ4n) is 2.76. The number of nitrogens with one attached hydrogen (secondary N) is 1. The van der Waals surface area contributed by atoms with E-state index in [2.05, 4.69) is 17.3 Å². The van der Waals surface area contributed by atoms with Gasteiger partial charge in [0.1, 0.15) is 0 Å².